The summed E-state index contributed by atoms with van der Waals surface area (Å²) >= 11 is -1.49. The molecule has 1 amide bonds. The number of hydrogen-bond acceptors (Lipinski definition) is 8. The summed E-state index contributed by atoms with van der Waals surface area (Å²) in [5.41, 5.74) is 0.983. The van der Waals surface area contributed by atoms with Gasteiger partial charge < -0.3 is 34.1 Å². The minimum atomic E-state index is -1.49. The quantitative estimate of drug-likeness (QED) is 0.406. The van der Waals surface area contributed by atoms with E-state index in [0.29, 0.717) is 29.4 Å². The van der Waals surface area contributed by atoms with E-state index in [4.69, 9.17) is 14.2 Å². The number of fused-ring (bicyclic) bond motifs is 1. The lowest BCUT2D eigenvalue weighted by molar-refractivity contribution is 0.0423. The summed E-state index contributed by atoms with van der Waals surface area (Å²) in [5.74, 6) is 1.14. The van der Waals surface area contributed by atoms with Crippen LogP contribution in [0.15, 0.2) is 59.5 Å². The molecule has 6 atom stereocenters. The molecule has 0 radical (unpaired) electrons. The number of nitrogens with zero attached hydrogens (tertiary/aromatic N) is 2. The fourth-order valence-electron chi connectivity index (χ4n) is 5.84. The number of carbonyl (C=O) groups is 1. The number of likely N-dealkylation sites (N-methyl/N-ethyl adjacent to an activating group) is 1. The number of carbonyl (C=O) groups excluding carboxylic acids is 1. The minimum absolute atomic E-state index is 0.0230. The first-order chi connectivity index (χ1) is 18.9. The summed E-state index contributed by atoms with van der Waals surface area (Å²) < 4.78 is 32.3. The molecule has 3 fully saturated rings. The van der Waals surface area contributed by atoms with Crippen molar-refractivity contribution < 1.29 is 28.7 Å². The molecule has 2 N–H and O–H groups in total. The van der Waals surface area contributed by atoms with E-state index in [1.165, 1.54) is 0 Å². The monoisotopic (exact) mass is 557 g/mol. The van der Waals surface area contributed by atoms with Crippen LogP contribution in [0.3, 0.4) is 0 Å². The zero-order chi connectivity index (χ0) is 27.4. The molecular weight excluding hydrogens is 518 g/mol. The molecule has 0 bridgehead atoms. The van der Waals surface area contributed by atoms with Gasteiger partial charge in [0.05, 0.1) is 49.3 Å². The van der Waals surface area contributed by atoms with Gasteiger partial charge >= 0.3 is 6.09 Å². The van der Waals surface area contributed by atoms with Gasteiger partial charge in [0, 0.05) is 26.1 Å². The average Bonchev–Trinajstić information content (AvgIpc) is 3.52. The van der Waals surface area contributed by atoms with Gasteiger partial charge in [-0.05, 0) is 62.1 Å². The highest BCUT2D eigenvalue weighted by Gasteiger charge is 2.42. The van der Waals surface area contributed by atoms with Gasteiger partial charge in [-0.2, -0.15) is 0 Å². The van der Waals surface area contributed by atoms with E-state index >= 15 is 0 Å². The number of nitrogens with one attached hydrogen (secondary N) is 1. The molecule has 2 aliphatic heterocycles. The molecule has 0 spiro atoms. The highest BCUT2D eigenvalue weighted by Crippen LogP contribution is 2.37. The number of amides is 1. The summed E-state index contributed by atoms with van der Waals surface area (Å²) in [7, 11) is 3.61. The maximum absolute atomic E-state index is 13.7. The Hall–Kier alpha value is -2.34. The first-order valence-electron chi connectivity index (χ1n) is 13.7. The zero-order valence-corrected chi connectivity index (χ0v) is 23.4. The fraction of sp³-hybridized carbons (Fsp3) is 0.552. The van der Waals surface area contributed by atoms with Gasteiger partial charge in [0.15, 0.2) is 4.90 Å². The maximum atomic E-state index is 13.7. The average molecular weight is 558 g/mol. The molecule has 2 heterocycles. The molecule has 9 nitrogen and oxygen atoms in total. The van der Waals surface area contributed by atoms with Crippen molar-refractivity contribution in [2.75, 3.05) is 40.4 Å². The van der Waals surface area contributed by atoms with E-state index in [2.05, 4.69) is 10.2 Å². The largest absolute Gasteiger partial charge is 0.593 e. The molecular formula is C29H39N3O6S. The normalized spacial score (nSPS) is 25.5. The lowest BCUT2D eigenvalue weighted by Crippen LogP contribution is -2.62. The van der Waals surface area contributed by atoms with E-state index in [9.17, 15) is 14.5 Å². The third kappa shape index (κ3) is 7.06. The van der Waals surface area contributed by atoms with Crippen LogP contribution in [0, 0.1) is 5.92 Å². The predicted octanol–water partition coefficient (Wildman–Crippen LogP) is 2.60. The van der Waals surface area contributed by atoms with Gasteiger partial charge in [0.25, 0.3) is 0 Å². The highest BCUT2D eigenvalue weighted by atomic mass is 32.2. The number of aliphatic hydroxyl groups excluding tert-OH is 1. The van der Waals surface area contributed by atoms with Gasteiger partial charge in [-0.1, -0.05) is 30.3 Å². The predicted molar refractivity (Wildman–Crippen MR) is 148 cm³/mol. The van der Waals surface area contributed by atoms with Crippen LogP contribution < -0.4 is 10.1 Å². The van der Waals surface area contributed by atoms with Crippen LogP contribution in [0.25, 0.3) is 0 Å². The molecule has 1 unspecified atom stereocenters. The van der Waals surface area contributed by atoms with Gasteiger partial charge in [-0.3, -0.25) is 0 Å². The first-order valence-corrected chi connectivity index (χ1v) is 14.8. The van der Waals surface area contributed by atoms with Crippen molar-refractivity contribution in [3.05, 3.63) is 60.2 Å². The molecule has 39 heavy (non-hydrogen) atoms. The molecule has 1 aliphatic carbocycles. The van der Waals surface area contributed by atoms with Gasteiger partial charge in [0.1, 0.15) is 11.9 Å². The zero-order valence-electron chi connectivity index (χ0n) is 22.6. The number of hydrogen-bond donors (Lipinski definition) is 2. The summed E-state index contributed by atoms with van der Waals surface area (Å²) in [5, 5.41) is 14.4. The summed E-state index contributed by atoms with van der Waals surface area (Å²) in [6, 6.07) is 16.3. The van der Waals surface area contributed by atoms with Crippen LogP contribution in [-0.2, 0) is 27.3 Å². The van der Waals surface area contributed by atoms with E-state index in [0.717, 1.165) is 38.1 Å². The number of aliphatic hydroxyl groups is 1. The smallest absolute Gasteiger partial charge is 0.407 e. The van der Waals surface area contributed by atoms with Crippen LogP contribution in [0.5, 0.6) is 5.75 Å². The number of ether oxygens (including phenoxy) is 3. The van der Waals surface area contributed by atoms with Gasteiger partial charge in [-0.15, -0.1) is 4.31 Å². The topological polar surface area (TPSA) is 107 Å². The third-order valence-electron chi connectivity index (χ3n) is 8.04. The second-order valence-electron chi connectivity index (χ2n) is 10.9. The molecule has 2 aromatic carbocycles. The van der Waals surface area contributed by atoms with Crippen LogP contribution >= 0.6 is 0 Å². The number of rotatable bonds is 11. The Morgan fingerprint density at radius 1 is 1.21 bits per heavy atom. The molecule has 3 aliphatic rings. The van der Waals surface area contributed by atoms with Crippen LogP contribution in [-0.4, -0.2) is 95.8 Å². The van der Waals surface area contributed by atoms with Crippen molar-refractivity contribution >= 4 is 17.5 Å². The van der Waals surface area contributed by atoms with Crippen molar-refractivity contribution in [2.24, 2.45) is 5.92 Å². The van der Waals surface area contributed by atoms with Crippen molar-refractivity contribution in [1.82, 2.24) is 14.5 Å². The highest BCUT2D eigenvalue weighted by molar-refractivity contribution is 7.89. The Morgan fingerprint density at radius 3 is 2.62 bits per heavy atom. The van der Waals surface area contributed by atoms with Crippen molar-refractivity contribution in [2.45, 2.75) is 61.0 Å². The first kappa shape index (κ1) is 28.2. The standard InChI is InChI=1S/C29H39N3O6S/c1-31-17-22(18-31)32(39(35)25-10-8-23(36-2)9-11-25)19-27(33)26(14-20-6-4-3-5-7-20)30-29(34)38-24-15-21-12-13-37-28(21)16-24/h3-11,21-22,24,26-28,33H,12-19H2,1-2H3,(H,30,34)/t21-,24+,26-,27+,28+,39?/m0/s1. The molecule has 1 saturated carbocycles. The molecule has 0 aromatic heterocycles. The Labute approximate surface area is 233 Å². The van der Waals surface area contributed by atoms with E-state index in [-0.39, 0.29) is 24.8 Å². The Balaban J connectivity index is 1.28. The van der Waals surface area contributed by atoms with Crippen LogP contribution in [0.1, 0.15) is 24.8 Å². The SMILES string of the molecule is COc1ccc([S+]([O-])N(C[C@@H](O)[C@H](Cc2ccccc2)NC(=O)O[C@@H]2C[C@@H]3CCO[C@@H]3C2)C2CN(C)C2)cc1. The maximum Gasteiger partial charge on any atom is 0.407 e. The number of alkyl carbamates (subject to hydrolysis) is 1. The summed E-state index contributed by atoms with van der Waals surface area (Å²) in [6.07, 6.45) is 1.45. The summed E-state index contributed by atoms with van der Waals surface area (Å²) in [6.45, 7) is 2.42. The molecule has 2 aromatic rings. The number of benzene rings is 2. The van der Waals surface area contributed by atoms with E-state index < -0.39 is 29.6 Å². The molecule has 2 saturated heterocycles. The lowest BCUT2D eigenvalue weighted by Gasteiger charge is -2.43. The second kappa shape index (κ2) is 12.9. The second-order valence-corrected chi connectivity index (χ2v) is 12.3. The fourth-order valence-corrected chi connectivity index (χ4v) is 7.17. The van der Waals surface area contributed by atoms with Crippen LogP contribution in [0.4, 0.5) is 4.79 Å². The van der Waals surface area contributed by atoms with Gasteiger partial charge in [-0.25, -0.2) is 4.79 Å². The third-order valence-corrected chi connectivity index (χ3v) is 9.59. The Morgan fingerprint density at radius 2 is 1.95 bits per heavy atom. The van der Waals surface area contributed by atoms with Gasteiger partial charge in [0.2, 0.25) is 0 Å². The Bertz CT molecular complexity index is 1060. The Kier molecular flexibility index (Phi) is 9.32. The lowest BCUT2D eigenvalue weighted by atomic mass is 10.0. The van der Waals surface area contributed by atoms with Crippen molar-refractivity contribution in [3.8, 4) is 5.75 Å². The molecule has 10 heteroatoms. The molecule has 5 rings (SSSR count). The van der Waals surface area contributed by atoms with E-state index in [1.54, 1.807) is 31.4 Å². The number of methoxy groups -OCH3 is 1. The van der Waals surface area contributed by atoms with E-state index in [1.807, 2.05) is 41.7 Å². The number of likely N-dealkylation sites (tertiary alicyclic amines) is 1. The van der Waals surface area contributed by atoms with Crippen LogP contribution in [0.2, 0.25) is 0 Å². The minimum Gasteiger partial charge on any atom is -0.593 e. The summed E-state index contributed by atoms with van der Waals surface area (Å²) in [4.78, 5) is 15.8. The van der Waals surface area contributed by atoms with Crippen molar-refractivity contribution in [1.29, 1.82) is 0 Å². The molecule has 212 valence electrons. The van der Waals surface area contributed by atoms with Crippen molar-refractivity contribution in [3.63, 3.8) is 0 Å².